The highest BCUT2D eigenvalue weighted by atomic mass is 35.5. The van der Waals surface area contributed by atoms with Crippen LogP contribution in [0.15, 0.2) is 24.3 Å². The molecule has 0 spiro atoms. The third kappa shape index (κ3) is 2.31. The van der Waals surface area contributed by atoms with E-state index in [9.17, 15) is 4.79 Å². The van der Waals surface area contributed by atoms with Crippen LogP contribution in [0.25, 0.3) is 4.98 Å². The van der Waals surface area contributed by atoms with Crippen LogP contribution >= 0.6 is 11.6 Å². The van der Waals surface area contributed by atoms with Gasteiger partial charge in [0.15, 0.2) is 4.98 Å². The first-order valence-electron chi connectivity index (χ1n) is 5.09. The summed E-state index contributed by atoms with van der Waals surface area (Å²) in [5.74, 6) is -0.214. The number of aromatic amines is 1. The van der Waals surface area contributed by atoms with Crippen LogP contribution in [0.5, 0.6) is 0 Å². The highest BCUT2D eigenvalue weighted by Crippen LogP contribution is 2.26. The highest BCUT2D eigenvalue weighted by Gasteiger charge is 2.23. The molecule has 0 bridgehead atoms. The number of rotatable bonds is 2. The monoisotopic (exact) mass is 262 g/mol. The van der Waals surface area contributed by atoms with Crippen molar-refractivity contribution in [1.82, 2.24) is 10.2 Å². The molecule has 0 unspecified atom stereocenters. The van der Waals surface area contributed by atoms with Crippen molar-refractivity contribution < 1.29 is 4.79 Å². The Bertz CT molecular complexity index is 643. The van der Waals surface area contributed by atoms with E-state index < -0.39 is 0 Å². The van der Waals surface area contributed by atoms with Gasteiger partial charge in [-0.25, -0.2) is 0 Å². The Morgan fingerprint density at radius 3 is 3.00 bits per heavy atom. The van der Waals surface area contributed by atoms with Crippen molar-refractivity contribution in [2.24, 2.45) is 0 Å². The molecule has 1 aromatic carbocycles. The number of nitrogens with zero attached hydrogens (tertiary/aromatic N) is 3. The van der Waals surface area contributed by atoms with Gasteiger partial charge in [-0.1, -0.05) is 17.7 Å². The average molecular weight is 263 g/mol. The van der Waals surface area contributed by atoms with Gasteiger partial charge in [0.2, 0.25) is 5.39 Å². The van der Waals surface area contributed by atoms with E-state index in [2.05, 4.69) is 20.5 Å². The van der Waals surface area contributed by atoms with Crippen molar-refractivity contribution in [2.75, 3.05) is 5.32 Å². The fourth-order valence-corrected chi connectivity index (χ4v) is 1.63. The number of diazo groups is 1. The minimum Gasteiger partial charge on any atom is -0.298 e. The summed E-state index contributed by atoms with van der Waals surface area (Å²) in [6.07, 6.45) is 0. The maximum Gasteiger partial charge on any atom is 0.449 e. The van der Waals surface area contributed by atoms with Crippen LogP contribution in [0.3, 0.4) is 0 Å². The molecular weight excluding hydrogens is 254 g/mol. The van der Waals surface area contributed by atoms with Gasteiger partial charge in [-0.3, -0.25) is 15.2 Å². The van der Waals surface area contributed by atoms with Crippen molar-refractivity contribution in [3.05, 3.63) is 45.5 Å². The average Bonchev–Trinajstić information content (AvgIpc) is 2.69. The molecule has 1 amide bonds. The van der Waals surface area contributed by atoms with Gasteiger partial charge in [-0.05, 0) is 25.1 Å². The number of hydrogen-bond acceptors (Lipinski definition) is 3. The smallest absolute Gasteiger partial charge is 0.298 e. The Labute approximate surface area is 108 Å². The number of H-pyrrole nitrogens is 1. The Morgan fingerprint density at radius 2 is 2.33 bits per heavy atom. The van der Waals surface area contributed by atoms with Gasteiger partial charge in [0.1, 0.15) is 5.69 Å². The van der Waals surface area contributed by atoms with Crippen LogP contribution in [-0.2, 0) is 0 Å². The van der Waals surface area contributed by atoms with Crippen molar-refractivity contribution >= 4 is 29.0 Å². The SMILES string of the molecule is Cc1[nH]nc(NC(=O)c2cccc(Cl)c2)c1[N+]#N. The van der Waals surface area contributed by atoms with Gasteiger partial charge >= 0.3 is 5.69 Å². The largest absolute Gasteiger partial charge is 0.449 e. The molecule has 0 aliphatic heterocycles. The Hall–Kier alpha value is -2.39. The van der Waals surface area contributed by atoms with Gasteiger partial charge in [0.25, 0.3) is 11.7 Å². The summed E-state index contributed by atoms with van der Waals surface area (Å²) in [6, 6.07) is 6.50. The molecule has 0 aliphatic rings. The third-order valence-electron chi connectivity index (χ3n) is 2.33. The molecule has 2 aromatic rings. The molecule has 1 heterocycles. The molecule has 0 fully saturated rings. The minimum atomic E-state index is -0.381. The first-order valence-corrected chi connectivity index (χ1v) is 5.46. The number of halogens is 1. The summed E-state index contributed by atoms with van der Waals surface area (Å²) >= 11 is 5.79. The van der Waals surface area contributed by atoms with Crippen molar-refractivity contribution in [2.45, 2.75) is 6.92 Å². The second-order valence-electron chi connectivity index (χ2n) is 3.61. The Morgan fingerprint density at radius 1 is 1.56 bits per heavy atom. The first-order chi connectivity index (χ1) is 8.61. The summed E-state index contributed by atoms with van der Waals surface area (Å²) in [7, 11) is 0. The molecule has 0 radical (unpaired) electrons. The van der Waals surface area contributed by atoms with Crippen molar-refractivity contribution in [3.8, 4) is 0 Å². The van der Waals surface area contributed by atoms with Gasteiger partial charge in [-0.2, -0.15) is 0 Å². The summed E-state index contributed by atoms with van der Waals surface area (Å²) in [6.45, 7) is 1.68. The van der Waals surface area contributed by atoms with Gasteiger partial charge < -0.3 is 0 Å². The van der Waals surface area contributed by atoms with Gasteiger partial charge in [0, 0.05) is 10.6 Å². The standard InChI is InChI=1S/C11H8ClN5O/c1-6-9(15-13)10(17-16-6)14-11(18)7-3-2-4-8(12)5-7/h2-5,13H,1H3/p+1. The van der Waals surface area contributed by atoms with E-state index in [0.717, 1.165) is 0 Å². The molecule has 2 N–H and O–H groups in total. The molecule has 6 nitrogen and oxygen atoms in total. The number of nitrogens with one attached hydrogen (secondary N) is 2. The fraction of sp³-hybridized carbons (Fsp3) is 0.0909. The number of aromatic nitrogens is 2. The zero-order valence-electron chi connectivity index (χ0n) is 9.44. The number of aryl methyl sites for hydroxylation is 1. The van der Waals surface area contributed by atoms with Crippen LogP contribution in [0.2, 0.25) is 5.02 Å². The van der Waals surface area contributed by atoms with Crippen LogP contribution in [0, 0.1) is 12.3 Å². The predicted octanol–water partition coefficient (Wildman–Crippen LogP) is 3.11. The topological polar surface area (TPSA) is 85.9 Å². The first kappa shape index (κ1) is 12.1. The lowest BCUT2D eigenvalue weighted by atomic mass is 10.2. The Balaban J connectivity index is 2.25. The molecule has 1 aromatic heterocycles. The normalized spacial score (nSPS) is 9.83. The van der Waals surface area contributed by atoms with E-state index in [1.165, 1.54) is 6.07 Å². The molecule has 0 saturated heterocycles. The molecule has 2 rings (SSSR count). The minimum absolute atomic E-state index is 0.167. The molecule has 0 aliphatic carbocycles. The maximum absolute atomic E-state index is 11.9. The van der Waals surface area contributed by atoms with Gasteiger partial charge in [-0.15, -0.1) is 5.10 Å². The summed E-state index contributed by atoms with van der Waals surface area (Å²) in [5, 5.41) is 18.2. The lowest BCUT2D eigenvalue weighted by Crippen LogP contribution is -2.12. The quantitative estimate of drug-likeness (QED) is 0.815. The highest BCUT2D eigenvalue weighted by molar-refractivity contribution is 6.31. The zero-order valence-corrected chi connectivity index (χ0v) is 10.2. The van der Waals surface area contributed by atoms with E-state index in [0.29, 0.717) is 16.3 Å². The van der Waals surface area contributed by atoms with Crippen LogP contribution in [0.1, 0.15) is 16.1 Å². The maximum atomic E-state index is 11.9. The zero-order chi connectivity index (χ0) is 13.1. The predicted molar refractivity (Wildman–Crippen MR) is 67.5 cm³/mol. The Kier molecular flexibility index (Phi) is 3.26. The molecular formula is C11H9ClN5O+. The molecule has 90 valence electrons. The van der Waals surface area contributed by atoms with Crippen LogP contribution in [-0.4, -0.2) is 16.1 Å². The second-order valence-corrected chi connectivity index (χ2v) is 4.05. The number of benzene rings is 1. The lowest BCUT2D eigenvalue weighted by molar-refractivity contribution is 0.102. The second kappa shape index (κ2) is 4.85. The number of carbonyl (C=O) groups excluding carboxylic acids is 1. The van der Waals surface area contributed by atoms with Crippen molar-refractivity contribution in [1.29, 1.82) is 5.39 Å². The third-order valence-corrected chi connectivity index (χ3v) is 2.57. The number of carbonyl (C=O) groups is 1. The van der Waals surface area contributed by atoms with Crippen LogP contribution in [0.4, 0.5) is 11.5 Å². The van der Waals surface area contributed by atoms with E-state index in [1.54, 1.807) is 25.1 Å². The van der Waals surface area contributed by atoms with E-state index in [-0.39, 0.29) is 17.4 Å². The van der Waals surface area contributed by atoms with E-state index in [1.807, 2.05) is 0 Å². The van der Waals surface area contributed by atoms with Crippen molar-refractivity contribution in [3.63, 3.8) is 0 Å². The molecule has 7 heteroatoms. The summed E-state index contributed by atoms with van der Waals surface area (Å²) in [5.41, 5.74) is 1.15. The fourth-order valence-electron chi connectivity index (χ4n) is 1.44. The van der Waals surface area contributed by atoms with E-state index in [4.69, 9.17) is 17.0 Å². The van der Waals surface area contributed by atoms with Crippen LogP contribution < -0.4 is 5.32 Å². The summed E-state index contributed by atoms with van der Waals surface area (Å²) in [4.78, 5) is 15.0. The van der Waals surface area contributed by atoms with Gasteiger partial charge in [0.05, 0.1) is 0 Å². The molecule has 0 saturated carbocycles. The summed E-state index contributed by atoms with van der Waals surface area (Å²) < 4.78 is 0. The number of anilines is 1. The molecule has 0 atom stereocenters. The number of hydrogen-bond donors (Lipinski definition) is 2. The lowest BCUT2D eigenvalue weighted by Gasteiger charge is -2.00. The molecule has 18 heavy (non-hydrogen) atoms. The van der Waals surface area contributed by atoms with E-state index >= 15 is 0 Å². The number of amides is 1.